The minimum absolute atomic E-state index is 0.224. The molecule has 0 amide bonds. The van der Waals surface area contributed by atoms with Crippen LogP contribution in [0.3, 0.4) is 0 Å². The molecule has 1 aromatic rings. The van der Waals surface area contributed by atoms with Gasteiger partial charge in [0.15, 0.2) is 0 Å². The average Bonchev–Trinajstić information content (AvgIpc) is 2.62. The molecule has 1 aliphatic heterocycles. The second-order valence-corrected chi connectivity index (χ2v) is 6.82. The Morgan fingerprint density at radius 1 is 1.04 bits per heavy atom. The van der Waals surface area contributed by atoms with Gasteiger partial charge in [-0.3, -0.25) is 4.79 Å². The van der Waals surface area contributed by atoms with Gasteiger partial charge in [0.2, 0.25) is 0 Å². The monoisotopic (exact) mass is 360 g/mol. The van der Waals surface area contributed by atoms with Crippen molar-refractivity contribution in [1.82, 2.24) is 0 Å². The van der Waals surface area contributed by atoms with Gasteiger partial charge >= 0.3 is 5.97 Å². The molecule has 2 rings (SSSR count). The highest BCUT2D eigenvalue weighted by Crippen LogP contribution is 2.31. The van der Waals surface area contributed by atoms with Crippen LogP contribution in [0.25, 0.3) is 6.08 Å². The summed E-state index contributed by atoms with van der Waals surface area (Å²) in [6, 6.07) is 3.48. The molecule has 0 aliphatic carbocycles. The Morgan fingerprint density at radius 2 is 1.81 bits per heavy atom. The van der Waals surface area contributed by atoms with Crippen molar-refractivity contribution in [3.8, 4) is 11.5 Å². The molecule has 0 N–H and O–H groups in total. The number of carbonyl (C=O) groups is 2. The summed E-state index contributed by atoms with van der Waals surface area (Å²) in [5.74, 6) is 1.10. The van der Waals surface area contributed by atoms with E-state index in [-0.39, 0.29) is 17.8 Å². The molecule has 0 unspecified atom stereocenters. The van der Waals surface area contributed by atoms with E-state index in [0.29, 0.717) is 41.9 Å². The molecule has 1 aromatic carbocycles. The fraction of sp³-hybridized carbons (Fsp3) is 0.524. The average molecular weight is 360 g/mol. The highest BCUT2D eigenvalue weighted by Gasteiger charge is 2.22. The first-order valence-electron chi connectivity index (χ1n) is 9.11. The lowest BCUT2D eigenvalue weighted by Gasteiger charge is -2.18. The number of benzene rings is 1. The summed E-state index contributed by atoms with van der Waals surface area (Å²) >= 11 is 0. The lowest BCUT2D eigenvalue weighted by Crippen LogP contribution is -2.17. The van der Waals surface area contributed by atoms with E-state index in [1.165, 1.54) is 7.11 Å². The molecule has 0 radical (unpaired) electrons. The number of methoxy groups -OCH3 is 2. The molecule has 0 aromatic heterocycles. The largest absolute Gasteiger partial charge is 0.497 e. The number of Topliss-reactive ketones (excluding diaryl/α,β-unsaturated/α-hetero) is 1. The molecule has 0 spiro atoms. The van der Waals surface area contributed by atoms with Crippen LogP contribution in [0.5, 0.6) is 11.5 Å². The van der Waals surface area contributed by atoms with Gasteiger partial charge in [-0.2, -0.15) is 0 Å². The van der Waals surface area contributed by atoms with E-state index < -0.39 is 5.97 Å². The summed E-state index contributed by atoms with van der Waals surface area (Å²) in [5, 5.41) is 0. The number of hydrogen-bond donors (Lipinski definition) is 0. The molecule has 1 aliphatic rings. The first-order chi connectivity index (χ1) is 12.4. The number of fused-ring (bicyclic) bond motifs is 1. The third-order valence-electron chi connectivity index (χ3n) is 4.62. The van der Waals surface area contributed by atoms with Gasteiger partial charge in [-0.15, -0.1) is 0 Å². The molecular formula is C21H28O5. The third kappa shape index (κ3) is 5.35. The molecule has 0 bridgehead atoms. The molecule has 0 fully saturated rings. The normalized spacial score (nSPS) is 23.4. The Bertz CT molecular complexity index is 677. The Kier molecular flexibility index (Phi) is 7.25. The number of hydrogen-bond acceptors (Lipinski definition) is 5. The van der Waals surface area contributed by atoms with Gasteiger partial charge in [-0.1, -0.05) is 19.1 Å². The van der Waals surface area contributed by atoms with Crippen LogP contribution in [0.4, 0.5) is 0 Å². The number of ether oxygens (including phenoxy) is 3. The molecule has 26 heavy (non-hydrogen) atoms. The minimum atomic E-state index is -0.423. The molecule has 5 heteroatoms. The lowest BCUT2D eigenvalue weighted by atomic mass is 9.97. The van der Waals surface area contributed by atoms with Gasteiger partial charge in [0.25, 0.3) is 0 Å². The predicted octanol–water partition coefficient (Wildman–Crippen LogP) is 4.43. The minimum Gasteiger partial charge on any atom is -0.497 e. The van der Waals surface area contributed by atoms with Crippen molar-refractivity contribution in [2.75, 3.05) is 14.2 Å². The van der Waals surface area contributed by atoms with Gasteiger partial charge in [0.1, 0.15) is 22.8 Å². The van der Waals surface area contributed by atoms with Crippen LogP contribution < -0.4 is 9.47 Å². The SMILES string of the molecule is COc1cc2c(c(OC)c1)C(=O)O[C@@H](C)CCCC(=O)CC[C@@H](C)/C=C/2. The smallest absolute Gasteiger partial charge is 0.342 e. The van der Waals surface area contributed by atoms with Crippen molar-refractivity contribution in [3.63, 3.8) is 0 Å². The van der Waals surface area contributed by atoms with Crippen LogP contribution >= 0.6 is 0 Å². The summed E-state index contributed by atoms with van der Waals surface area (Å²) in [6.07, 6.45) is 6.93. The van der Waals surface area contributed by atoms with E-state index >= 15 is 0 Å². The Balaban J connectivity index is 2.45. The molecule has 1 heterocycles. The van der Waals surface area contributed by atoms with Gasteiger partial charge < -0.3 is 14.2 Å². The van der Waals surface area contributed by atoms with Crippen LogP contribution in [0.2, 0.25) is 0 Å². The van der Waals surface area contributed by atoms with E-state index in [1.807, 2.05) is 19.1 Å². The van der Waals surface area contributed by atoms with E-state index in [1.54, 1.807) is 19.2 Å². The summed E-state index contributed by atoms with van der Waals surface area (Å²) < 4.78 is 16.3. The molecule has 0 saturated heterocycles. The summed E-state index contributed by atoms with van der Waals surface area (Å²) in [7, 11) is 3.09. The molecule has 2 atom stereocenters. The van der Waals surface area contributed by atoms with Gasteiger partial charge in [0, 0.05) is 18.9 Å². The van der Waals surface area contributed by atoms with Crippen LogP contribution in [-0.4, -0.2) is 32.1 Å². The molecule has 142 valence electrons. The number of esters is 1. The lowest BCUT2D eigenvalue weighted by molar-refractivity contribution is -0.119. The van der Waals surface area contributed by atoms with Crippen LogP contribution in [0.1, 0.15) is 61.9 Å². The Labute approximate surface area is 155 Å². The van der Waals surface area contributed by atoms with Crippen molar-refractivity contribution >= 4 is 17.8 Å². The maximum absolute atomic E-state index is 12.8. The van der Waals surface area contributed by atoms with Crippen LogP contribution in [0, 0.1) is 5.92 Å². The maximum Gasteiger partial charge on any atom is 0.342 e. The van der Waals surface area contributed by atoms with Gasteiger partial charge in [-0.05, 0) is 43.7 Å². The number of rotatable bonds is 2. The standard InChI is InChI=1S/C21H28O5/c1-14-8-10-16-12-18(24-3)13-19(25-4)20(16)21(23)26-15(2)6-5-7-17(22)11-9-14/h8,10,12-15H,5-7,9,11H2,1-4H3/b10-8+/t14-,15-/m0/s1. The highest BCUT2D eigenvalue weighted by molar-refractivity contribution is 5.97. The number of allylic oxidation sites excluding steroid dienone is 1. The van der Waals surface area contributed by atoms with Crippen molar-refractivity contribution in [3.05, 3.63) is 29.3 Å². The first-order valence-corrected chi connectivity index (χ1v) is 9.11. The fourth-order valence-corrected chi connectivity index (χ4v) is 3.00. The first kappa shape index (κ1) is 20.0. The zero-order valence-electron chi connectivity index (χ0n) is 16.0. The zero-order chi connectivity index (χ0) is 19.1. The van der Waals surface area contributed by atoms with Crippen molar-refractivity contribution in [2.24, 2.45) is 5.92 Å². The number of ketones is 1. The zero-order valence-corrected chi connectivity index (χ0v) is 16.0. The van der Waals surface area contributed by atoms with Crippen molar-refractivity contribution in [1.29, 1.82) is 0 Å². The molecule has 5 nitrogen and oxygen atoms in total. The van der Waals surface area contributed by atoms with Crippen molar-refractivity contribution in [2.45, 2.75) is 52.1 Å². The topological polar surface area (TPSA) is 61.8 Å². The summed E-state index contributed by atoms with van der Waals surface area (Å²) in [6.45, 7) is 3.91. The van der Waals surface area contributed by atoms with Crippen LogP contribution in [-0.2, 0) is 9.53 Å². The van der Waals surface area contributed by atoms with Crippen LogP contribution in [0.15, 0.2) is 18.2 Å². The molecular weight excluding hydrogens is 332 g/mol. The van der Waals surface area contributed by atoms with Gasteiger partial charge in [0.05, 0.1) is 20.3 Å². The maximum atomic E-state index is 12.8. The van der Waals surface area contributed by atoms with E-state index in [9.17, 15) is 9.59 Å². The van der Waals surface area contributed by atoms with E-state index in [4.69, 9.17) is 14.2 Å². The number of carbonyl (C=O) groups excluding carboxylic acids is 2. The predicted molar refractivity (Wildman–Crippen MR) is 101 cm³/mol. The van der Waals surface area contributed by atoms with E-state index in [0.717, 1.165) is 12.8 Å². The Morgan fingerprint density at radius 3 is 2.50 bits per heavy atom. The highest BCUT2D eigenvalue weighted by atomic mass is 16.5. The van der Waals surface area contributed by atoms with Gasteiger partial charge in [-0.25, -0.2) is 4.79 Å². The second kappa shape index (κ2) is 9.41. The number of cyclic esters (lactones) is 1. The summed E-state index contributed by atoms with van der Waals surface area (Å²) in [4.78, 5) is 24.7. The third-order valence-corrected chi connectivity index (χ3v) is 4.62. The quantitative estimate of drug-likeness (QED) is 0.730. The Hall–Kier alpha value is -2.30. The second-order valence-electron chi connectivity index (χ2n) is 6.82. The van der Waals surface area contributed by atoms with E-state index in [2.05, 4.69) is 6.92 Å². The summed E-state index contributed by atoms with van der Waals surface area (Å²) in [5.41, 5.74) is 1.09. The van der Waals surface area contributed by atoms with Crippen molar-refractivity contribution < 1.29 is 23.8 Å². The molecule has 0 saturated carbocycles. The fourth-order valence-electron chi connectivity index (χ4n) is 3.00.